The van der Waals surface area contributed by atoms with E-state index in [0.29, 0.717) is 0 Å². The number of nitrogens with two attached hydrogens (primary N) is 2. The zero-order valence-corrected chi connectivity index (χ0v) is 7.96. The first-order valence-electron chi connectivity index (χ1n) is 3.10. The van der Waals surface area contributed by atoms with E-state index in [0.717, 1.165) is 6.92 Å². The Labute approximate surface area is 72.7 Å². The van der Waals surface area contributed by atoms with Crippen LogP contribution in [0.3, 0.4) is 0 Å². The van der Waals surface area contributed by atoms with E-state index in [1.165, 1.54) is 0 Å². The molecule has 74 valence electrons. The maximum absolute atomic E-state index is 9.00. The van der Waals surface area contributed by atoms with Crippen LogP contribution in [0.1, 0.15) is 6.92 Å². The van der Waals surface area contributed by atoms with Crippen molar-refractivity contribution in [2.24, 2.45) is 11.5 Å². The molecule has 0 rings (SSSR count). The van der Waals surface area contributed by atoms with Crippen LogP contribution in [0.5, 0.6) is 0 Å². The van der Waals surface area contributed by atoms with Crippen molar-refractivity contribution in [2.45, 2.75) is 6.92 Å². The molecule has 0 aromatic rings. The lowest BCUT2D eigenvalue weighted by molar-refractivity contribution is -0.134. The molecular formula is C6H18N4O2. The zero-order valence-electron chi connectivity index (χ0n) is 7.96. The predicted octanol–water partition coefficient (Wildman–Crippen LogP) is -0.893. The Morgan fingerprint density at radius 1 is 1.33 bits per heavy atom. The number of hydrogen-bond donors (Lipinski definition) is 4. The summed E-state index contributed by atoms with van der Waals surface area (Å²) in [4.78, 5) is 11.0. The van der Waals surface area contributed by atoms with Gasteiger partial charge in [0.15, 0.2) is 5.96 Å². The first kappa shape index (κ1) is 17.0. The normalized spacial score (nSPS) is 7.08. The summed E-state index contributed by atoms with van der Waals surface area (Å²) >= 11 is 0. The Morgan fingerprint density at radius 3 is 1.33 bits per heavy atom. The van der Waals surface area contributed by atoms with E-state index in [1.807, 2.05) is 26.0 Å². The first-order valence-corrected chi connectivity index (χ1v) is 3.10. The zero-order chi connectivity index (χ0) is 10.7. The number of nitrogens with one attached hydrogen (secondary N) is 1. The third kappa shape index (κ3) is 305. The molecule has 0 bridgehead atoms. The largest absolute Gasteiger partial charge is 0.481 e. The molecule has 0 unspecified atom stereocenters. The molecule has 0 radical (unpaired) electrons. The van der Waals surface area contributed by atoms with E-state index in [9.17, 15) is 0 Å². The highest BCUT2D eigenvalue weighted by atomic mass is 16.4. The summed E-state index contributed by atoms with van der Waals surface area (Å²) in [6.07, 6.45) is 0. The smallest absolute Gasteiger partial charge is 0.300 e. The Kier molecular flexibility index (Phi) is 17.5. The number of guanidine groups is 1. The monoisotopic (exact) mass is 178 g/mol. The molecular weight excluding hydrogens is 160 g/mol. The van der Waals surface area contributed by atoms with Gasteiger partial charge in [-0.15, -0.1) is 0 Å². The Bertz CT molecular complexity index is 102. The number of rotatable bonds is 0. The molecule has 0 atom stereocenters. The fourth-order valence-electron chi connectivity index (χ4n) is 0. The molecule has 0 aliphatic heterocycles. The predicted molar refractivity (Wildman–Crippen MR) is 49.0 cm³/mol. The average molecular weight is 178 g/mol. The summed E-state index contributed by atoms with van der Waals surface area (Å²) in [6.45, 7) is 1.08. The maximum Gasteiger partial charge on any atom is 0.300 e. The van der Waals surface area contributed by atoms with Gasteiger partial charge in [-0.05, 0) is 21.1 Å². The van der Waals surface area contributed by atoms with Crippen LogP contribution in [0.25, 0.3) is 0 Å². The standard InChI is InChI=1S/C3H9N.C2H4O2.CH5N3/c1-4(2)3;1-2(3)4;2-1(3)4/h1-3H3;1H3,(H,3,4);(H5,2,3,4). The van der Waals surface area contributed by atoms with Gasteiger partial charge in [0.05, 0.1) is 0 Å². The second-order valence-corrected chi connectivity index (χ2v) is 2.32. The van der Waals surface area contributed by atoms with Crippen LogP contribution in [0.15, 0.2) is 0 Å². The van der Waals surface area contributed by atoms with E-state index in [2.05, 4.69) is 11.5 Å². The van der Waals surface area contributed by atoms with Gasteiger partial charge in [-0.25, -0.2) is 0 Å². The second-order valence-electron chi connectivity index (χ2n) is 2.32. The second kappa shape index (κ2) is 12.4. The summed E-state index contributed by atoms with van der Waals surface area (Å²) in [6, 6.07) is 0. The lowest BCUT2D eigenvalue weighted by atomic mass is 10.9. The third-order valence-corrected chi connectivity index (χ3v) is 0. The molecule has 0 saturated carbocycles. The SMILES string of the molecule is CC(=O)O.CN(C)C.N=C(N)N. The summed E-state index contributed by atoms with van der Waals surface area (Å²) in [5.74, 6) is -1.17. The number of carboxylic acids is 1. The third-order valence-electron chi connectivity index (χ3n) is 0. The van der Waals surface area contributed by atoms with Crippen LogP contribution < -0.4 is 11.5 Å². The quantitative estimate of drug-likeness (QED) is 0.283. The van der Waals surface area contributed by atoms with Gasteiger partial charge in [0.2, 0.25) is 0 Å². The van der Waals surface area contributed by atoms with Crippen LogP contribution in [0.2, 0.25) is 0 Å². The van der Waals surface area contributed by atoms with E-state index in [1.54, 1.807) is 0 Å². The average Bonchev–Trinajstić information content (AvgIpc) is 1.54. The number of nitrogens with zero attached hydrogens (tertiary/aromatic N) is 1. The molecule has 6 heteroatoms. The molecule has 0 saturated heterocycles. The summed E-state index contributed by atoms with van der Waals surface area (Å²) in [5, 5.41) is 13.5. The Balaban J connectivity index is -0.000000101. The molecule has 0 aromatic heterocycles. The van der Waals surface area contributed by atoms with E-state index < -0.39 is 5.97 Å². The van der Waals surface area contributed by atoms with Gasteiger partial charge in [-0.3, -0.25) is 10.2 Å². The lowest BCUT2D eigenvalue weighted by Gasteiger charge is -1.90. The fraction of sp³-hybridized carbons (Fsp3) is 0.667. The van der Waals surface area contributed by atoms with Crippen LogP contribution in [-0.4, -0.2) is 43.1 Å². The van der Waals surface area contributed by atoms with Crippen molar-refractivity contribution in [3.63, 3.8) is 0 Å². The van der Waals surface area contributed by atoms with Crippen LogP contribution in [-0.2, 0) is 4.79 Å². The maximum atomic E-state index is 9.00. The topological polar surface area (TPSA) is 116 Å². The number of hydrogen-bond acceptors (Lipinski definition) is 3. The summed E-state index contributed by atoms with van der Waals surface area (Å²) < 4.78 is 0. The Hall–Kier alpha value is -1.30. The highest BCUT2D eigenvalue weighted by Crippen LogP contribution is 1.47. The lowest BCUT2D eigenvalue weighted by Crippen LogP contribution is -2.20. The van der Waals surface area contributed by atoms with Gasteiger partial charge >= 0.3 is 0 Å². The molecule has 0 aromatic carbocycles. The van der Waals surface area contributed by atoms with Crippen LogP contribution in [0, 0.1) is 5.41 Å². The number of carboxylic acid groups (broad SMARTS) is 1. The van der Waals surface area contributed by atoms with Gasteiger partial charge in [0.25, 0.3) is 5.97 Å². The highest BCUT2D eigenvalue weighted by Gasteiger charge is 1.65. The molecule has 0 amide bonds. The van der Waals surface area contributed by atoms with Gasteiger partial charge in [-0.2, -0.15) is 0 Å². The van der Waals surface area contributed by atoms with Crippen LogP contribution >= 0.6 is 0 Å². The van der Waals surface area contributed by atoms with Gasteiger partial charge in [0, 0.05) is 6.92 Å². The van der Waals surface area contributed by atoms with E-state index >= 15 is 0 Å². The van der Waals surface area contributed by atoms with Crippen molar-refractivity contribution in [2.75, 3.05) is 21.1 Å². The van der Waals surface area contributed by atoms with E-state index in [4.69, 9.17) is 15.3 Å². The molecule has 12 heavy (non-hydrogen) atoms. The number of carbonyl (C=O) groups is 1. The van der Waals surface area contributed by atoms with Crippen LogP contribution in [0.4, 0.5) is 0 Å². The Morgan fingerprint density at radius 2 is 1.33 bits per heavy atom. The fourth-order valence-corrected chi connectivity index (χ4v) is 0. The van der Waals surface area contributed by atoms with Gasteiger partial charge < -0.3 is 21.5 Å². The molecule has 0 aliphatic rings. The molecule has 0 aliphatic carbocycles. The van der Waals surface area contributed by atoms with E-state index in [-0.39, 0.29) is 5.96 Å². The summed E-state index contributed by atoms with van der Waals surface area (Å²) in [5.41, 5.74) is 8.94. The van der Waals surface area contributed by atoms with Crippen molar-refractivity contribution in [3.05, 3.63) is 0 Å². The first-order chi connectivity index (χ1) is 5.20. The molecule has 0 heterocycles. The minimum atomic E-state index is -0.833. The minimum Gasteiger partial charge on any atom is -0.481 e. The minimum absolute atomic E-state index is 0.333. The van der Waals surface area contributed by atoms with Gasteiger partial charge in [-0.1, -0.05) is 0 Å². The van der Waals surface area contributed by atoms with Gasteiger partial charge in [0.1, 0.15) is 0 Å². The molecule has 6 N–H and O–H groups in total. The molecule has 6 nitrogen and oxygen atoms in total. The highest BCUT2D eigenvalue weighted by molar-refractivity contribution is 5.71. The van der Waals surface area contributed by atoms with Crippen molar-refractivity contribution in [1.29, 1.82) is 5.41 Å². The van der Waals surface area contributed by atoms with Crippen molar-refractivity contribution in [1.82, 2.24) is 4.90 Å². The van der Waals surface area contributed by atoms with Crippen molar-refractivity contribution < 1.29 is 9.90 Å². The van der Waals surface area contributed by atoms with Crippen molar-refractivity contribution in [3.8, 4) is 0 Å². The summed E-state index contributed by atoms with van der Waals surface area (Å²) in [7, 11) is 6.00. The number of aliphatic carboxylic acids is 1. The molecule has 0 fully saturated rings. The van der Waals surface area contributed by atoms with Crippen molar-refractivity contribution >= 4 is 11.9 Å². The molecule has 0 spiro atoms.